The summed E-state index contributed by atoms with van der Waals surface area (Å²) in [4.78, 5) is 9.67. The third kappa shape index (κ3) is 4.10. The molecular weight excluding hydrogens is 514 g/mol. The van der Waals surface area contributed by atoms with Crippen molar-refractivity contribution in [1.29, 1.82) is 0 Å². The number of fused-ring (bicyclic) bond motifs is 1. The first-order chi connectivity index (χ1) is 16.3. The van der Waals surface area contributed by atoms with Gasteiger partial charge in [-0.2, -0.15) is 4.31 Å². The molecule has 2 aromatic heterocycles. The smallest absolute Gasteiger partial charge is 0.213 e. The Labute approximate surface area is 209 Å². The van der Waals surface area contributed by atoms with Crippen LogP contribution in [0.2, 0.25) is 0 Å². The number of pyridine rings is 1. The van der Waals surface area contributed by atoms with Gasteiger partial charge in [-0.25, -0.2) is 13.4 Å². The van der Waals surface area contributed by atoms with Gasteiger partial charge in [0.2, 0.25) is 10.0 Å². The molecular formula is C25H28BrN5O2S. The van der Waals surface area contributed by atoms with Crippen molar-refractivity contribution in [1.82, 2.24) is 13.9 Å². The Bertz CT molecular complexity index is 1380. The number of aromatic nitrogens is 2. The minimum Gasteiger partial charge on any atom is -0.378 e. The van der Waals surface area contributed by atoms with E-state index in [1.54, 1.807) is 11.2 Å². The quantitative estimate of drug-likeness (QED) is 0.487. The van der Waals surface area contributed by atoms with Crippen LogP contribution in [0.15, 0.2) is 52.1 Å². The molecule has 3 aromatic rings. The first kappa shape index (κ1) is 23.3. The lowest BCUT2D eigenvalue weighted by Gasteiger charge is -2.18. The molecule has 0 spiro atoms. The summed E-state index contributed by atoms with van der Waals surface area (Å²) in [5.74, 6) is 0.128. The number of nitrogens with zero attached hydrogens (tertiary/aromatic N) is 4. The summed E-state index contributed by atoms with van der Waals surface area (Å²) in [6, 6.07) is 12.6. The average molecular weight is 543 g/mol. The van der Waals surface area contributed by atoms with Crippen LogP contribution >= 0.6 is 15.9 Å². The fourth-order valence-corrected chi connectivity index (χ4v) is 6.47. The van der Waals surface area contributed by atoms with Crippen LogP contribution in [0.3, 0.4) is 0 Å². The first-order valence-electron chi connectivity index (χ1n) is 11.5. The van der Waals surface area contributed by atoms with E-state index in [0.29, 0.717) is 19.5 Å². The number of rotatable bonds is 6. The van der Waals surface area contributed by atoms with E-state index in [1.165, 1.54) is 0 Å². The Morgan fingerprint density at radius 1 is 1.21 bits per heavy atom. The average Bonchev–Trinajstić information content (AvgIpc) is 3.54. The fraction of sp³-hybridized carbons (Fsp3) is 0.360. The van der Waals surface area contributed by atoms with Crippen LogP contribution in [0, 0.1) is 13.8 Å². The van der Waals surface area contributed by atoms with Gasteiger partial charge in [-0.1, -0.05) is 18.2 Å². The summed E-state index contributed by atoms with van der Waals surface area (Å²) in [6.07, 6.45) is 3.23. The Hall–Kier alpha value is -2.49. The van der Waals surface area contributed by atoms with Gasteiger partial charge < -0.3 is 9.88 Å². The summed E-state index contributed by atoms with van der Waals surface area (Å²) < 4.78 is 29.2. The molecule has 0 amide bonds. The van der Waals surface area contributed by atoms with E-state index in [-0.39, 0.29) is 11.8 Å². The van der Waals surface area contributed by atoms with Crippen LogP contribution in [0.4, 0.5) is 11.4 Å². The normalized spacial score (nSPS) is 18.2. The van der Waals surface area contributed by atoms with E-state index >= 15 is 0 Å². The molecule has 9 heteroatoms. The highest BCUT2D eigenvalue weighted by Gasteiger charge is 2.32. The highest BCUT2D eigenvalue weighted by Crippen LogP contribution is 2.41. The summed E-state index contributed by atoms with van der Waals surface area (Å²) >= 11 is 3.63. The van der Waals surface area contributed by atoms with Crippen LogP contribution in [0.1, 0.15) is 36.0 Å². The van der Waals surface area contributed by atoms with E-state index in [1.807, 2.05) is 24.4 Å². The number of sulfonamides is 1. The first-order valence-corrected chi connectivity index (χ1v) is 13.9. The van der Waals surface area contributed by atoms with Crippen molar-refractivity contribution in [3.63, 3.8) is 0 Å². The summed E-state index contributed by atoms with van der Waals surface area (Å²) in [5.41, 5.74) is 8.23. The number of nitrogens with one attached hydrogen (secondary N) is 1. The molecule has 34 heavy (non-hydrogen) atoms. The molecule has 1 N–H and O–H groups in total. The molecule has 0 aliphatic carbocycles. The van der Waals surface area contributed by atoms with Gasteiger partial charge in [0.25, 0.3) is 0 Å². The SMILES string of the molecule is CCS(=O)(=O)N1CCC(Nc2c(Br)cnc3c2N=C(c2cc(C)n(-c4ccccc4)c2C)C3)C1. The molecule has 1 atom stereocenters. The third-order valence-corrected chi connectivity index (χ3v) is 9.13. The minimum absolute atomic E-state index is 0.0338. The van der Waals surface area contributed by atoms with Crippen LogP contribution in [0.25, 0.3) is 5.69 Å². The number of aliphatic imine (C=N–C) groups is 1. The van der Waals surface area contributed by atoms with Crippen molar-refractivity contribution < 1.29 is 8.42 Å². The molecule has 1 aromatic carbocycles. The van der Waals surface area contributed by atoms with Gasteiger partial charge in [-0.05, 0) is 61.3 Å². The number of para-hydroxylation sites is 1. The topological polar surface area (TPSA) is 79.6 Å². The molecule has 178 valence electrons. The van der Waals surface area contributed by atoms with Gasteiger partial charge in [-0.15, -0.1) is 0 Å². The zero-order valence-electron chi connectivity index (χ0n) is 19.5. The lowest BCUT2D eigenvalue weighted by Crippen LogP contribution is -2.32. The van der Waals surface area contributed by atoms with Crippen LogP contribution in [0.5, 0.6) is 0 Å². The van der Waals surface area contributed by atoms with Crippen molar-refractivity contribution in [3.05, 3.63) is 69.7 Å². The largest absolute Gasteiger partial charge is 0.378 e. The maximum Gasteiger partial charge on any atom is 0.213 e. The van der Waals surface area contributed by atoms with Gasteiger partial charge >= 0.3 is 0 Å². The van der Waals surface area contributed by atoms with Gasteiger partial charge in [0, 0.05) is 54.4 Å². The molecule has 0 saturated carbocycles. The third-order valence-electron chi connectivity index (χ3n) is 6.68. The molecule has 0 bridgehead atoms. The number of anilines is 1. The molecule has 1 saturated heterocycles. The van der Waals surface area contributed by atoms with Crippen molar-refractivity contribution in [3.8, 4) is 5.69 Å². The highest BCUT2D eigenvalue weighted by molar-refractivity contribution is 9.10. The molecule has 5 rings (SSSR count). The zero-order chi connectivity index (χ0) is 24.0. The van der Waals surface area contributed by atoms with E-state index in [4.69, 9.17) is 4.99 Å². The van der Waals surface area contributed by atoms with Crippen LogP contribution in [-0.4, -0.2) is 52.9 Å². The summed E-state index contributed by atoms with van der Waals surface area (Å²) in [5, 5.41) is 3.56. The molecule has 1 unspecified atom stereocenters. The lowest BCUT2D eigenvalue weighted by atomic mass is 10.1. The maximum absolute atomic E-state index is 12.3. The molecule has 7 nitrogen and oxygen atoms in total. The van der Waals surface area contributed by atoms with Gasteiger partial charge in [-0.3, -0.25) is 4.98 Å². The van der Waals surface area contributed by atoms with Crippen molar-refractivity contribution in [2.75, 3.05) is 24.2 Å². The Morgan fingerprint density at radius 2 is 1.97 bits per heavy atom. The Balaban J connectivity index is 1.45. The van der Waals surface area contributed by atoms with E-state index < -0.39 is 10.0 Å². The molecule has 2 aliphatic heterocycles. The second kappa shape index (κ2) is 8.94. The number of hydrogen-bond acceptors (Lipinski definition) is 5. The van der Waals surface area contributed by atoms with Crippen molar-refractivity contribution >= 4 is 43.0 Å². The number of benzene rings is 1. The lowest BCUT2D eigenvalue weighted by molar-refractivity contribution is 0.476. The Morgan fingerprint density at radius 3 is 2.71 bits per heavy atom. The van der Waals surface area contributed by atoms with E-state index in [2.05, 4.69) is 62.8 Å². The Kier molecular flexibility index (Phi) is 6.12. The fourth-order valence-electron chi connectivity index (χ4n) is 4.91. The highest BCUT2D eigenvalue weighted by atomic mass is 79.9. The van der Waals surface area contributed by atoms with Gasteiger partial charge in [0.1, 0.15) is 5.69 Å². The predicted molar refractivity (Wildman–Crippen MR) is 140 cm³/mol. The molecule has 4 heterocycles. The van der Waals surface area contributed by atoms with Crippen LogP contribution < -0.4 is 5.32 Å². The maximum atomic E-state index is 12.3. The van der Waals surface area contributed by atoms with Crippen molar-refractivity contribution in [2.45, 2.75) is 39.7 Å². The van der Waals surface area contributed by atoms with E-state index in [0.717, 1.165) is 56.3 Å². The molecule has 1 fully saturated rings. The van der Waals surface area contributed by atoms with Crippen molar-refractivity contribution in [2.24, 2.45) is 4.99 Å². The number of aryl methyl sites for hydroxylation is 1. The summed E-state index contributed by atoms with van der Waals surface area (Å²) in [7, 11) is -3.18. The summed E-state index contributed by atoms with van der Waals surface area (Å²) in [6.45, 7) is 6.94. The van der Waals surface area contributed by atoms with Gasteiger partial charge in [0.05, 0.1) is 27.3 Å². The number of hydrogen-bond donors (Lipinski definition) is 1. The predicted octanol–water partition coefficient (Wildman–Crippen LogP) is 4.76. The van der Waals surface area contributed by atoms with E-state index in [9.17, 15) is 8.42 Å². The molecule has 2 aliphatic rings. The second-order valence-corrected chi connectivity index (χ2v) is 12.0. The second-order valence-electron chi connectivity index (χ2n) is 8.86. The minimum atomic E-state index is -3.18. The standard InChI is InChI=1S/C25H28BrN5O2S/c1-4-34(32,33)30-11-10-18(15-30)28-24-21(26)14-27-23-13-22(29-25(23)24)20-12-16(2)31(17(20)3)19-8-6-5-7-9-19/h5-9,12,14,18H,4,10-11,13,15H2,1-3H3,(H,27,28). The molecule has 0 radical (unpaired) electrons. The van der Waals surface area contributed by atoms with Gasteiger partial charge in [0.15, 0.2) is 0 Å². The monoisotopic (exact) mass is 541 g/mol. The zero-order valence-corrected chi connectivity index (χ0v) is 21.9. The van der Waals surface area contributed by atoms with Crippen LogP contribution in [-0.2, 0) is 16.4 Å². The number of halogens is 1.